The standard InChI is InChI=1S/C17H32N2O5/c1-9-11(4)13(19(8)16(23)24-17(5,6)7)14(20)18-12(10(2)3)15(21)22/h10-13H,9H2,1-8H3,(H,18,20)(H,21,22)/t11-,12-,13-/m0/s1. The predicted molar refractivity (Wildman–Crippen MR) is 91.6 cm³/mol. The monoisotopic (exact) mass is 344 g/mol. The van der Waals surface area contributed by atoms with Crippen molar-refractivity contribution in [3.8, 4) is 0 Å². The van der Waals surface area contributed by atoms with Gasteiger partial charge in [0.1, 0.15) is 17.7 Å². The van der Waals surface area contributed by atoms with Gasteiger partial charge in [-0.25, -0.2) is 9.59 Å². The highest BCUT2D eigenvalue weighted by Gasteiger charge is 2.36. The lowest BCUT2D eigenvalue weighted by atomic mass is 9.96. The summed E-state index contributed by atoms with van der Waals surface area (Å²) >= 11 is 0. The lowest BCUT2D eigenvalue weighted by Gasteiger charge is -2.34. The summed E-state index contributed by atoms with van der Waals surface area (Å²) in [5.41, 5.74) is -0.677. The Labute approximate surface area is 144 Å². The molecule has 0 unspecified atom stereocenters. The van der Waals surface area contributed by atoms with Crippen molar-refractivity contribution in [1.29, 1.82) is 0 Å². The van der Waals surface area contributed by atoms with Crippen LogP contribution in [0.2, 0.25) is 0 Å². The van der Waals surface area contributed by atoms with Crippen LogP contribution in [0.15, 0.2) is 0 Å². The number of ether oxygens (including phenoxy) is 1. The molecule has 3 atom stereocenters. The van der Waals surface area contributed by atoms with Gasteiger partial charge in [-0.2, -0.15) is 0 Å². The molecule has 0 aromatic heterocycles. The minimum absolute atomic E-state index is 0.149. The second kappa shape index (κ2) is 8.89. The van der Waals surface area contributed by atoms with E-state index in [1.54, 1.807) is 34.6 Å². The van der Waals surface area contributed by atoms with Crippen LogP contribution in [0.4, 0.5) is 4.79 Å². The molecule has 0 aliphatic carbocycles. The fraction of sp³-hybridized carbons (Fsp3) is 0.824. The first-order valence-corrected chi connectivity index (χ1v) is 8.30. The Morgan fingerprint density at radius 1 is 1.17 bits per heavy atom. The van der Waals surface area contributed by atoms with Crippen LogP contribution >= 0.6 is 0 Å². The van der Waals surface area contributed by atoms with Crippen molar-refractivity contribution >= 4 is 18.0 Å². The Bertz CT molecular complexity index is 456. The summed E-state index contributed by atoms with van der Waals surface area (Å²) in [4.78, 5) is 37.5. The number of amides is 2. The Balaban J connectivity index is 5.35. The van der Waals surface area contributed by atoms with Gasteiger partial charge in [0.2, 0.25) is 5.91 Å². The number of likely N-dealkylation sites (N-methyl/N-ethyl adjacent to an activating group) is 1. The normalized spacial score (nSPS) is 15.4. The fourth-order valence-corrected chi connectivity index (χ4v) is 2.24. The first-order chi connectivity index (χ1) is 10.8. The molecule has 0 aromatic rings. The summed E-state index contributed by atoms with van der Waals surface area (Å²) in [7, 11) is 1.50. The smallest absolute Gasteiger partial charge is 0.410 e. The second-order valence-electron chi connectivity index (χ2n) is 7.49. The number of carboxylic acids is 1. The van der Waals surface area contributed by atoms with Crippen molar-refractivity contribution in [3.63, 3.8) is 0 Å². The molecule has 140 valence electrons. The van der Waals surface area contributed by atoms with Crippen molar-refractivity contribution in [3.05, 3.63) is 0 Å². The van der Waals surface area contributed by atoms with Crippen LogP contribution in [-0.4, -0.2) is 52.7 Å². The largest absolute Gasteiger partial charge is 0.480 e. The highest BCUT2D eigenvalue weighted by atomic mass is 16.6. The zero-order valence-corrected chi connectivity index (χ0v) is 16.0. The zero-order valence-electron chi connectivity index (χ0n) is 16.0. The lowest BCUT2D eigenvalue weighted by Crippen LogP contribution is -2.56. The molecule has 24 heavy (non-hydrogen) atoms. The number of carbonyl (C=O) groups is 3. The van der Waals surface area contributed by atoms with E-state index in [0.29, 0.717) is 6.42 Å². The number of aliphatic carboxylic acids is 1. The highest BCUT2D eigenvalue weighted by Crippen LogP contribution is 2.18. The molecule has 0 spiro atoms. The molecule has 0 saturated heterocycles. The molecule has 0 rings (SSSR count). The first-order valence-electron chi connectivity index (χ1n) is 8.30. The summed E-state index contributed by atoms with van der Waals surface area (Å²) in [5, 5.41) is 11.8. The zero-order chi connectivity index (χ0) is 19.2. The lowest BCUT2D eigenvalue weighted by molar-refractivity contribution is -0.144. The molecule has 0 aliphatic rings. The molecule has 7 heteroatoms. The van der Waals surface area contributed by atoms with E-state index >= 15 is 0 Å². The number of nitrogens with one attached hydrogen (secondary N) is 1. The number of rotatable bonds is 7. The van der Waals surface area contributed by atoms with Crippen LogP contribution in [0.1, 0.15) is 54.9 Å². The molecule has 0 bridgehead atoms. The van der Waals surface area contributed by atoms with E-state index < -0.39 is 35.7 Å². The predicted octanol–water partition coefficient (Wildman–Crippen LogP) is 2.49. The number of carbonyl (C=O) groups excluding carboxylic acids is 2. The highest BCUT2D eigenvalue weighted by molar-refractivity contribution is 5.89. The van der Waals surface area contributed by atoms with E-state index in [9.17, 15) is 19.5 Å². The van der Waals surface area contributed by atoms with E-state index in [4.69, 9.17) is 4.74 Å². The summed E-state index contributed by atoms with van der Waals surface area (Å²) in [5.74, 6) is -2.00. The third kappa shape index (κ3) is 6.76. The van der Waals surface area contributed by atoms with Gasteiger partial charge in [-0.1, -0.05) is 34.1 Å². The average molecular weight is 344 g/mol. The van der Waals surface area contributed by atoms with Gasteiger partial charge in [-0.05, 0) is 32.6 Å². The van der Waals surface area contributed by atoms with Crippen LogP contribution in [0, 0.1) is 11.8 Å². The van der Waals surface area contributed by atoms with Crippen LogP contribution in [-0.2, 0) is 14.3 Å². The summed E-state index contributed by atoms with van der Waals surface area (Å²) in [6.45, 7) is 12.4. The minimum Gasteiger partial charge on any atom is -0.480 e. The molecule has 0 heterocycles. The minimum atomic E-state index is -1.10. The molecule has 0 fully saturated rings. The SMILES string of the molecule is CC[C@H](C)[C@@H](C(=O)N[C@H](C(=O)O)C(C)C)N(C)C(=O)OC(C)(C)C. The van der Waals surface area contributed by atoms with Crippen LogP contribution < -0.4 is 5.32 Å². The first kappa shape index (κ1) is 22.2. The van der Waals surface area contributed by atoms with Gasteiger partial charge >= 0.3 is 12.1 Å². The Morgan fingerprint density at radius 3 is 2.00 bits per heavy atom. The maximum absolute atomic E-state index is 12.7. The van der Waals surface area contributed by atoms with Crippen LogP contribution in [0.25, 0.3) is 0 Å². The molecule has 0 saturated carbocycles. The van der Waals surface area contributed by atoms with Gasteiger partial charge < -0.3 is 15.2 Å². The summed E-state index contributed by atoms with van der Waals surface area (Å²) in [6, 6.07) is -1.80. The number of nitrogens with zero attached hydrogens (tertiary/aromatic N) is 1. The molecule has 2 amide bonds. The topological polar surface area (TPSA) is 95.9 Å². The third-order valence-electron chi connectivity index (χ3n) is 3.78. The molecule has 2 N–H and O–H groups in total. The third-order valence-corrected chi connectivity index (χ3v) is 3.78. The van der Waals surface area contributed by atoms with Crippen molar-refractivity contribution < 1.29 is 24.2 Å². The van der Waals surface area contributed by atoms with E-state index in [1.807, 2.05) is 13.8 Å². The Morgan fingerprint density at radius 2 is 1.67 bits per heavy atom. The Kier molecular flexibility index (Phi) is 8.23. The molecule has 7 nitrogen and oxygen atoms in total. The van der Waals surface area contributed by atoms with Crippen LogP contribution in [0.5, 0.6) is 0 Å². The maximum Gasteiger partial charge on any atom is 0.410 e. The van der Waals surface area contributed by atoms with Crippen molar-refractivity contribution in [2.24, 2.45) is 11.8 Å². The summed E-state index contributed by atoms with van der Waals surface area (Å²) in [6.07, 6.45) is 0.0457. The Hall–Kier alpha value is -1.79. The van der Waals surface area contributed by atoms with Gasteiger partial charge in [-0.15, -0.1) is 0 Å². The molecule has 0 aromatic carbocycles. The van der Waals surface area contributed by atoms with Gasteiger partial charge in [0.15, 0.2) is 0 Å². The molecular weight excluding hydrogens is 312 g/mol. The van der Waals surface area contributed by atoms with E-state index in [0.717, 1.165) is 0 Å². The van der Waals surface area contributed by atoms with Gasteiger partial charge in [-0.3, -0.25) is 9.69 Å². The number of hydrogen-bond donors (Lipinski definition) is 2. The van der Waals surface area contributed by atoms with Gasteiger partial charge in [0, 0.05) is 7.05 Å². The molecule has 0 aliphatic heterocycles. The average Bonchev–Trinajstić information content (AvgIpc) is 2.41. The van der Waals surface area contributed by atoms with Crippen molar-refractivity contribution in [2.45, 2.75) is 72.6 Å². The van der Waals surface area contributed by atoms with E-state index in [2.05, 4.69) is 5.32 Å². The number of hydrogen-bond acceptors (Lipinski definition) is 4. The fourth-order valence-electron chi connectivity index (χ4n) is 2.24. The van der Waals surface area contributed by atoms with Gasteiger partial charge in [0.05, 0.1) is 0 Å². The van der Waals surface area contributed by atoms with E-state index in [1.165, 1.54) is 11.9 Å². The van der Waals surface area contributed by atoms with Crippen molar-refractivity contribution in [2.75, 3.05) is 7.05 Å². The number of carboxylic acid groups (broad SMARTS) is 1. The maximum atomic E-state index is 12.7. The van der Waals surface area contributed by atoms with Gasteiger partial charge in [0.25, 0.3) is 0 Å². The second-order valence-corrected chi connectivity index (χ2v) is 7.49. The van der Waals surface area contributed by atoms with Crippen molar-refractivity contribution in [1.82, 2.24) is 10.2 Å². The molecule has 0 radical (unpaired) electrons. The summed E-state index contributed by atoms with van der Waals surface area (Å²) < 4.78 is 5.32. The molecular formula is C17H32N2O5. The van der Waals surface area contributed by atoms with E-state index in [-0.39, 0.29) is 11.8 Å². The van der Waals surface area contributed by atoms with Crippen LogP contribution in [0.3, 0.4) is 0 Å². The quantitative estimate of drug-likeness (QED) is 0.740.